The highest BCUT2D eigenvalue weighted by molar-refractivity contribution is 7.89. The van der Waals surface area contributed by atoms with Crippen LogP contribution in [0.1, 0.15) is 12.8 Å². The van der Waals surface area contributed by atoms with Crippen LogP contribution in [-0.2, 0) is 14.8 Å². The Bertz CT molecular complexity index is 903. The fourth-order valence-electron chi connectivity index (χ4n) is 2.85. The van der Waals surface area contributed by atoms with Gasteiger partial charge in [-0.25, -0.2) is 18.4 Å². The second-order valence-electron chi connectivity index (χ2n) is 6.23. The molecule has 10 heteroatoms. The first-order valence-corrected chi connectivity index (χ1v) is 10.8. The molecule has 3 amide bonds. The average molecular weight is 409 g/mol. The second-order valence-corrected chi connectivity index (χ2v) is 8.74. The maximum absolute atomic E-state index is 12.4. The minimum Gasteiger partial charge on any atom is -0.326 e. The first-order valence-electron chi connectivity index (χ1n) is 8.36. The SMILES string of the molecule is NS(=O)(=O)c1ccc(NC(=O)C2CCN(C(=O)Nc3cccs3)CC2)cc1. The molecule has 1 aromatic carbocycles. The summed E-state index contributed by atoms with van der Waals surface area (Å²) >= 11 is 1.46. The smallest absolute Gasteiger partial charge is 0.322 e. The van der Waals surface area contributed by atoms with Gasteiger partial charge in [-0.1, -0.05) is 0 Å². The lowest BCUT2D eigenvalue weighted by atomic mass is 9.96. The van der Waals surface area contributed by atoms with Gasteiger partial charge in [0.1, 0.15) is 0 Å². The van der Waals surface area contributed by atoms with E-state index in [1.165, 1.54) is 35.6 Å². The summed E-state index contributed by atoms with van der Waals surface area (Å²) in [4.78, 5) is 26.3. The van der Waals surface area contributed by atoms with Crippen LogP contribution in [0.2, 0.25) is 0 Å². The van der Waals surface area contributed by atoms with Crippen LogP contribution in [0.5, 0.6) is 0 Å². The van der Waals surface area contributed by atoms with Crippen molar-refractivity contribution in [2.24, 2.45) is 11.1 Å². The molecule has 4 N–H and O–H groups in total. The molecule has 2 aromatic rings. The van der Waals surface area contributed by atoms with Gasteiger partial charge in [0.25, 0.3) is 0 Å². The molecule has 0 saturated carbocycles. The number of primary sulfonamides is 1. The summed E-state index contributed by atoms with van der Waals surface area (Å²) in [5.41, 5.74) is 0.505. The zero-order valence-electron chi connectivity index (χ0n) is 14.4. The van der Waals surface area contributed by atoms with Gasteiger partial charge in [0.05, 0.1) is 9.90 Å². The summed E-state index contributed by atoms with van der Waals surface area (Å²) in [7, 11) is -3.76. The van der Waals surface area contributed by atoms with E-state index in [-0.39, 0.29) is 22.8 Å². The minimum absolute atomic E-state index is 0.00874. The molecular weight excluding hydrogens is 388 g/mol. The van der Waals surface area contributed by atoms with E-state index in [0.717, 1.165) is 5.00 Å². The number of sulfonamides is 1. The summed E-state index contributed by atoms with van der Waals surface area (Å²) in [5, 5.41) is 13.4. The molecule has 144 valence electrons. The quantitative estimate of drug-likeness (QED) is 0.718. The molecule has 2 heterocycles. The Balaban J connectivity index is 1.50. The Kier molecular flexibility index (Phi) is 5.78. The van der Waals surface area contributed by atoms with Crippen LogP contribution in [-0.4, -0.2) is 38.3 Å². The number of carbonyl (C=O) groups excluding carboxylic acids is 2. The molecule has 1 saturated heterocycles. The van der Waals surface area contributed by atoms with Crippen LogP contribution in [0.25, 0.3) is 0 Å². The van der Waals surface area contributed by atoms with E-state index in [0.29, 0.717) is 31.6 Å². The zero-order valence-corrected chi connectivity index (χ0v) is 16.1. The normalized spacial score (nSPS) is 15.4. The number of benzene rings is 1. The summed E-state index contributed by atoms with van der Waals surface area (Å²) in [6, 6.07) is 9.25. The second kappa shape index (κ2) is 8.07. The maximum atomic E-state index is 12.4. The lowest BCUT2D eigenvalue weighted by Crippen LogP contribution is -2.43. The van der Waals surface area contributed by atoms with E-state index in [2.05, 4.69) is 10.6 Å². The fourth-order valence-corrected chi connectivity index (χ4v) is 3.97. The van der Waals surface area contributed by atoms with Crippen molar-refractivity contribution in [2.45, 2.75) is 17.7 Å². The van der Waals surface area contributed by atoms with Gasteiger partial charge >= 0.3 is 6.03 Å². The largest absolute Gasteiger partial charge is 0.326 e. The van der Waals surface area contributed by atoms with Gasteiger partial charge in [0, 0.05) is 24.7 Å². The Morgan fingerprint density at radius 1 is 1.07 bits per heavy atom. The molecule has 0 aliphatic carbocycles. The predicted molar refractivity (Wildman–Crippen MR) is 104 cm³/mol. The van der Waals surface area contributed by atoms with Crippen molar-refractivity contribution in [3.05, 3.63) is 41.8 Å². The van der Waals surface area contributed by atoms with Gasteiger partial charge in [-0.2, -0.15) is 0 Å². The molecule has 0 unspecified atom stereocenters. The van der Waals surface area contributed by atoms with Crippen LogP contribution < -0.4 is 15.8 Å². The first kappa shape index (κ1) is 19.3. The van der Waals surface area contributed by atoms with Crippen molar-refractivity contribution >= 4 is 44.0 Å². The summed E-state index contributed by atoms with van der Waals surface area (Å²) in [6.45, 7) is 0.999. The number of thiophene rings is 1. The number of hydrogen-bond donors (Lipinski definition) is 3. The zero-order chi connectivity index (χ0) is 19.4. The Morgan fingerprint density at radius 2 is 1.74 bits per heavy atom. The minimum atomic E-state index is -3.76. The van der Waals surface area contributed by atoms with Gasteiger partial charge in [-0.3, -0.25) is 10.1 Å². The van der Waals surface area contributed by atoms with E-state index in [1.54, 1.807) is 4.90 Å². The summed E-state index contributed by atoms with van der Waals surface area (Å²) in [6.07, 6.45) is 1.14. The van der Waals surface area contributed by atoms with Crippen LogP contribution in [0, 0.1) is 5.92 Å². The average Bonchev–Trinajstić information content (AvgIpc) is 3.14. The number of nitrogens with one attached hydrogen (secondary N) is 2. The third kappa shape index (κ3) is 5.06. The van der Waals surface area contributed by atoms with E-state index in [4.69, 9.17) is 5.14 Å². The summed E-state index contributed by atoms with van der Waals surface area (Å²) < 4.78 is 22.5. The summed E-state index contributed by atoms with van der Waals surface area (Å²) in [5.74, 6) is -0.342. The molecule has 0 spiro atoms. The van der Waals surface area contributed by atoms with Crippen LogP contribution >= 0.6 is 11.3 Å². The molecule has 0 bridgehead atoms. The standard InChI is InChI=1S/C17H20N4O4S2/c18-27(24,25)14-5-3-13(4-6-14)19-16(22)12-7-9-21(10-8-12)17(23)20-15-2-1-11-26-15/h1-6,11-12H,7-10H2,(H,19,22)(H,20,23)(H2,18,24,25). The highest BCUT2D eigenvalue weighted by atomic mass is 32.2. The van der Waals surface area contributed by atoms with E-state index in [9.17, 15) is 18.0 Å². The van der Waals surface area contributed by atoms with Gasteiger partial charge in [-0.15, -0.1) is 11.3 Å². The topological polar surface area (TPSA) is 122 Å². The predicted octanol–water partition coefficient (Wildman–Crippen LogP) is 2.28. The number of carbonyl (C=O) groups is 2. The first-order chi connectivity index (χ1) is 12.8. The highest BCUT2D eigenvalue weighted by Crippen LogP contribution is 2.22. The van der Waals surface area contributed by atoms with Gasteiger partial charge in [-0.05, 0) is 54.6 Å². The molecule has 1 aromatic heterocycles. The highest BCUT2D eigenvalue weighted by Gasteiger charge is 2.27. The van der Waals surface area contributed by atoms with Crippen molar-refractivity contribution in [3.8, 4) is 0 Å². The number of likely N-dealkylation sites (tertiary alicyclic amines) is 1. The van der Waals surface area contributed by atoms with Crippen molar-refractivity contribution < 1.29 is 18.0 Å². The van der Waals surface area contributed by atoms with Crippen LogP contribution in [0.15, 0.2) is 46.7 Å². The molecule has 3 rings (SSSR count). The Morgan fingerprint density at radius 3 is 2.30 bits per heavy atom. The lowest BCUT2D eigenvalue weighted by molar-refractivity contribution is -0.121. The number of nitrogens with zero attached hydrogens (tertiary/aromatic N) is 1. The molecule has 1 fully saturated rings. The molecule has 0 atom stereocenters. The molecule has 1 aliphatic heterocycles. The van der Waals surface area contributed by atoms with Crippen LogP contribution in [0.4, 0.5) is 15.5 Å². The van der Waals surface area contributed by atoms with E-state index in [1.807, 2.05) is 17.5 Å². The third-order valence-electron chi connectivity index (χ3n) is 4.35. The molecule has 27 heavy (non-hydrogen) atoms. The Labute approximate surface area is 161 Å². The number of hydrogen-bond acceptors (Lipinski definition) is 5. The number of piperidine rings is 1. The number of rotatable bonds is 4. The van der Waals surface area contributed by atoms with E-state index < -0.39 is 10.0 Å². The van der Waals surface area contributed by atoms with Crippen molar-refractivity contribution in [1.29, 1.82) is 0 Å². The molecule has 8 nitrogen and oxygen atoms in total. The number of amides is 3. The van der Waals surface area contributed by atoms with Gasteiger partial charge in [0.15, 0.2) is 0 Å². The molecular formula is C17H20N4O4S2. The number of urea groups is 1. The van der Waals surface area contributed by atoms with Crippen molar-refractivity contribution in [1.82, 2.24) is 4.90 Å². The van der Waals surface area contributed by atoms with E-state index >= 15 is 0 Å². The fraction of sp³-hybridized carbons (Fsp3) is 0.294. The van der Waals surface area contributed by atoms with Crippen molar-refractivity contribution in [3.63, 3.8) is 0 Å². The monoisotopic (exact) mass is 408 g/mol. The van der Waals surface area contributed by atoms with Gasteiger partial charge in [0.2, 0.25) is 15.9 Å². The van der Waals surface area contributed by atoms with Crippen molar-refractivity contribution in [2.75, 3.05) is 23.7 Å². The third-order valence-corrected chi connectivity index (χ3v) is 6.07. The number of nitrogens with two attached hydrogens (primary N) is 1. The Hall–Kier alpha value is -2.43. The van der Waals surface area contributed by atoms with Gasteiger partial charge < -0.3 is 10.2 Å². The van der Waals surface area contributed by atoms with Crippen LogP contribution in [0.3, 0.4) is 0 Å². The number of anilines is 2. The maximum Gasteiger partial charge on any atom is 0.322 e. The lowest BCUT2D eigenvalue weighted by Gasteiger charge is -2.31. The molecule has 0 radical (unpaired) electrons. The molecule has 1 aliphatic rings.